The number of nitrogens with two attached hydrogens (primary N) is 1. The summed E-state index contributed by atoms with van der Waals surface area (Å²) in [5, 5.41) is 0. The number of hydrogen-bond acceptors (Lipinski definition) is 4. The van der Waals surface area contributed by atoms with Crippen LogP contribution in [0.15, 0.2) is 23.3 Å². The highest BCUT2D eigenvalue weighted by atomic mass is 16.5. The van der Waals surface area contributed by atoms with Crippen LogP contribution in [-0.4, -0.2) is 55.2 Å². The van der Waals surface area contributed by atoms with Gasteiger partial charge in [0.05, 0.1) is 19.8 Å². The van der Waals surface area contributed by atoms with Crippen molar-refractivity contribution < 1.29 is 4.74 Å². The summed E-state index contributed by atoms with van der Waals surface area (Å²) < 4.78 is 5.42. The van der Waals surface area contributed by atoms with Gasteiger partial charge in [0.15, 0.2) is 5.96 Å². The highest BCUT2D eigenvalue weighted by Crippen LogP contribution is 2.20. The van der Waals surface area contributed by atoms with Gasteiger partial charge in [-0.25, -0.2) is 9.98 Å². The second-order valence-electron chi connectivity index (χ2n) is 6.45. The lowest BCUT2D eigenvalue weighted by Gasteiger charge is -2.32. The second kappa shape index (κ2) is 7.64. The number of rotatable bonds is 3. The molecule has 23 heavy (non-hydrogen) atoms. The lowest BCUT2D eigenvalue weighted by molar-refractivity contribution is 0.122. The van der Waals surface area contributed by atoms with Crippen molar-refractivity contribution in [1.29, 1.82) is 0 Å². The van der Waals surface area contributed by atoms with Crippen LogP contribution in [0.3, 0.4) is 0 Å². The fourth-order valence-corrected chi connectivity index (χ4v) is 3.28. The van der Waals surface area contributed by atoms with E-state index in [4.69, 9.17) is 10.5 Å². The number of nitrogens with zero attached hydrogens (tertiary/aromatic N) is 4. The molecule has 3 heterocycles. The molecule has 0 spiro atoms. The van der Waals surface area contributed by atoms with E-state index in [9.17, 15) is 0 Å². The molecule has 0 radical (unpaired) electrons. The number of guanidine groups is 1. The van der Waals surface area contributed by atoms with E-state index in [0.717, 1.165) is 50.8 Å². The van der Waals surface area contributed by atoms with E-state index in [1.54, 1.807) is 0 Å². The Morgan fingerprint density at radius 1 is 1.39 bits per heavy atom. The van der Waals surface area contributed by atoms with Crippen LogP contribution in [0.2, 0.25) is 0 Å². The number of aromatic nitrogens is 1. The van der Waals surface area contributed by atoms with E-state index in [0.29, 0.717) is 18.4 Å². The lowest BCUT2D eigenvalue weighted by atomic mass is 10.0. The standard InChI is InChI=1S/C17H27N5O/c1-14-4-3-7-22(13-14)17(18)20-12-15-5-2-6-19-16(15)21-8-10-23-11-9-21/h2,5-6,14H,3-4,7-13H2,1H3,(H2,18,20). The van der Waals surface area contributed by atoms with Crippen molar-refractivity contribution in [3.8, 4) is 0 Å². The topological polar surface area (TPSA) is 67.0 Å². The maximum absolute atomic E-state index is 6.21. The highest BCUT2D eigenvalue weighted by molar-refractivity contribution is 5.78. The summed E-state index contributed by atoms with van der Waals surface area (Å²) in [6.07, 6.45) is 4.32. The number of anilines is 1. The number of piperidine rings is 1. The van der Waals surface area contributed by atoms with Crippen LogP contribution in [0.25, 0.3) is 0 Å². The fourth-order valence-electron chi connectivity index (χ4n) is 3.28. The number of pyridine rings is 1. The SMILES string of the molecule is CC1CCCN(C(N)=NCc2cccnc2N2CCOCC2)C1. The van der Waals surface area contributed by atoms with Crippen LogP contribution in [-0.2, 0) is 11.3 Å². The van der Waals surface area contributed by atoms with Crippen molar-refractivity contribution in [2.45, 2.75) is 26.3 Å². The number of morpholine rings is 1. The molecule has 3 rings (SSSR count). The third kappa shape index (κ3) is 4.13. The van der Waals surface area contributed by atoms with E-state index in [2.05, 4.69) is 32.8 Å². The first-order valence-corrected chi connectivity index (χ1v) is 8.55. The number of hydrogen-bond donors (Lipinski definition) is 1. The van der Waals surface area contributed by atoms with Crippen molar-refractivity contribution in [3.05, 3.63) is 23.9 Å². The molecule has 1 aromatic heterocycles. The van der Waals surface area contributed by atoms with Gasteiger partial charge in [-0.05, 0) is 24.8 Å². The van der Waals surface area contributed by atoms with Crippen molar-refractivity contribution >= 4 is 11.8 Å². The molecule has 2 aliphatic rings. The summed E-state index contributed by atoms with van der Waals surface area (Å²) in [6, 6.07) is 4.06. The maximum Gasteiger partial charge on any atom is 0.191 e. The smallest absolute Gasteiger partial charge is 0.191 e. The second-order valence-corrected chi connectivity index (χ2v) is 6.45. The average molecular weight is 317 g/mol. The van der Waals surface area contributed by atoms with Gasteiger partial charge in [0.25, 0.3) is 0 Å². The van der Waals surface area contributed by atoms with E-state index in [1.165, 1.54) is 12.8 Å². The van der Waals surface area contributed by atoms with E-state index < -0.39 is 0 Å². The van der Waals surface area contributed by atoms with E-state index >= 15 is 0 Å². The minimum Gasteiger partial charge on any atom is -0.378 e. The minimum absolute atomic E-state index is 0.581. The molecule has 2 fully saturated rings. The van der Waals surface area contributed by atoms with Crippen molar-refractivity contribution in [2.24, 2.45) is 16.6 Å². The zero-order valence-corrected chi connectivity index (χ0v) is 13.9. The zero-order chi connectivity index (χ0) is 16.1. The molecule has 0 bridgehead atoms. The molecule has 0 aliphatic carbocycles. The van der Waals surface area contributed by atoms with Crippen LogP contribution < -0.4 is 10.6 Å². The Hall–Kier alpha value is -1.82. The normalized spacial score (nSPS) is 23.2. The molecule has 2 aliphatic heterocycles. The first-order chi connectivity index (χ1) is 11.2. The van der Waals surface area contributed by atoms with Crippen molar-refractivity contribution in [1.82, 2.24) is 9.88 Å². The molecule has 6 nitrogen and oxygen atoms in total. The van der Waals surface area contributed by atoms with Gasteiger partial charge in [0.2, 0.25) is 0 Å². The van der Waals surface area contributed by atoms with Gasteiger partial charge in [0, 0.05) is 37.9 Å². The monoisotopic (exact) mass is 317 g/mol. The van der Waals surface area contributed by atoms with Crippen molar-refractivity contribution in [2.75, 3.05) is 44.3 Å². The molecule has 2 saturated heterocycles. The quantitative estimate of drug-likeness (QED) is 0.675. The van der Waals surface area contributed by atoms with Crippen LogP contribution in [0.5, 0.6) is 0 Å². The molecule has 1 aromatic rings. The minimum atomic E-state index is 0.581. The number of likely N-dealkylation sites (tertiary alicyclic amines) is 1. The third-order valence-corrected chi connectivity index (χ3v) is 4.57. The van der Waals surface area contributed by atoms with Crippen LogP contribution >= 0.6 is 0 Å². The van der Waals surface area contributed by atoms with Gasteiger partial charge in [-0.1, -0.05) is 13.0 Å². The molecule has 1 atom stereocenters. The zero-order valence-electron chi connectivity index (χ0n) is 13.9. The Morgan fingerprint density at radius 3 is 3.00 bits per heavy atom. The first-order valence-electron chi connectivity index (χ1n) is 8.55. The van der Waals surface area contributed by atoms with Crippen molar-refractivity contribution in [3.63, 3.8) is 0 Å². The summed E-state index contributed by atoms with van der Waals surface area (Å²) in [7, 11) is 0. The molecular formula is C17H27N5O. The highest BCUT2D eigenvalue weighted by Gasteiger charge is 2.18. The van der Waals surface area contributed by atoms with Gasteiger partial charge in [-0.15, -0.1) is 0 Å². The Morgan fingerprint density at radius 2 is 2.22 bits per heavy atom. The average Bonchev–Trinajstić information content (AvgIpc) is 2.60. The van der Waals surface area contributed by atoms with Crippen LogP contribution in [0, 0.1) is 5.92 Å². The molecule has 0 saturated carbocycles. The molecule has 126 valence electrons. The largest absolute Gasteiger partial charge is 0.378 e. The van der Waals surface area contributed by atoms with Gasteiger partial charge in [-0.3, -0.25) is 0 Å². The van der Waals surface area contributed by atoms with Crippen LogP contribution in [0.1, 0.15) is 25.3 Å². The van der Waals surface area contributed by atoms with Gasteiger partial charge in [-0.2, -0.15) is 0 Å². The molecule has 0 amide bonds. The summed E-state index contributed by atoms with van der Waals surface area (Å²) in [6.45, 7) is 8.16. The van der Waals surface area contributed by atoms with E-state index in [1.807, 2.05) is 12.3 Å². The summed E-state index contributed by atoms with van der Waals surface area (Å²) in [5.41, 5.74) is 7.34. The summed E-state index contributed by atoms with van der Waals surface area (Å²) in [5.74, 6) is 2.37. The Bertz CT molecular complexity index is 542. The molecular weight excluding hydrogens is 290 g/mol. The summed E-state index contributed by atoms with van der Waals surface area (Å²) >= 11 is 0. The third-order valence-electron chi connectivity index (χ3n) is 4.57. The van der Waals surface area contributed by atoms with E-state index in [-0.39, 0.29) is 0 Å². The number of ether oxygens (including phenoxy) is 1. The van der Waals surface area contributed by atoms with Gasteiger partial charge < -0.3 is 20.3 Å². The molecule has 0 aromatic carbocycles. The maximum atomic E-state index is 6.21. The Labute approximate surface area is 138 Å². The predicted octanol–water partition coefficient (Wildman–Crippen LogP) is 1.46. The lowest BCUT2D eigenvalue weighted by Crippen LogP contribution is -2.43. The Balaban J connectivity index is 1.68. The molecule has 1 unspecified atom stereocenters. The first kappa shape index (κ1) is 16.1. The molecule has 6 heteroatoms. The Kier molecular flexibility index (Phi) is 5.33. The van der Waals surface area contributed by atoms with Gasteiger partial charge in [0.1, 0.15) is 5.82 Å². The predicted molar refractivity (Wildman–Crippen MR) is 92.6 cm³/mol. The number of aliphatic imine (C=N–C) groups is 1. The fraction of sp³-hybridized carbons (Fsp3) is 0.647. The van der Waals surface area contributed by atoms with Gasteiger partial charge >= 0.3 is 0 Å². The summed E-state index contributed by atoms with van der Waals surface area (Å²) in [4.78, 5) is 13.7. The molecule has 2 N–H and O–H groups in total. The van der Waals surface area contributed by atoms with Crippen LogP contribution in [0.4, 0.5) is 5.82 Å².